The molecule has 0 radical (unpaired) electrons. The van der Waals surface area contributed by atoms with Crippen LogP contribution in [0.4, 0.5) is 0 Å². The molecule has 1 amide bonds. The molecule has 22 heavy (non-hydrogen) atoms. The number of amides is 1. The third-order valence-electron chi connectivity index (χ3n) is 4.20. The molecule has 0 aliphatic carbocycles. The van der Waals surface area contributed by atoms with Gasteiger partial charge in [-0.15, -0.1) is 0 Å². The number of hydrogen-bond donors (Lipinski definition) is 0. The zero-order valence-corrected chi connectivity index (χ0v) is 12.6. The first-order chi connectivity index (χ1) is 10.4. The first-order valence-corrected chi connectivity index (χ1v) is 7.17. The second kappa shape index (κ2) is 4.79. The average Bonchev–Trinajstić information content (AvgIpc) is 2.90. The highest BCUT2D eigenvalue weighted by Gasteiger charge is 2.63. The second-order valence-corrected chi connectivity index (χ2v) is 5.87. The molecule has 116 valence electrons. The normalized spacial score (nSPS) is 26.4. The van der Waals surface area contributed by atoms with Crippen LogP contribution in [0.3, 0.4) is 0 Å². The fourth-order valence-electron chi connectivity index (χ4n) is 3.18. The van der Waals surface area contributed by atoms with Crippen molar-refractivity contribution in [3.63, 3.8) is 0 Å². The number of carbonyl (C=O) groups excluding carboxylic acids is 1. The van der Waals surface area contributed by atoms with Gasteiger partial charge in [-0.3, -0.25) is 14.9 Å². The molecule has 0 N–H and O–H groups in total. The van der Waals surface area contributed by atoms with Gasteiger partial charge in [0.15, 0.2) is 0 Å². The van der Waals surface area contributed by atoms with Crippen LogP contribution in [-0.4, -0.2) is 39.7 Å². The van der Waals surface area contributed by atoms with E-state index in [1.807, 2.05) is 13.8 Å². The first-order valence-electron chi connectivity index (χ1n) is 7.17. The van der Waals surface area contributed by atoms with E-state index in [2.05, 4.69) is 5.10 Å². The number of fused-ring (bicyclic) bond motifs is 1. The van der Waals surface area contributed by atoms with Gasteiger partial charge in [0.25, 0.3) is 5.91 Å². The Balaban J connectivity index is 2.12. The van der Waals surface area contributed by atoms with E-state index in [4.69, 9.17) is 4.74 Å². The van der Waals surface area contributed by atoms with Crippen LogP contribution >= 0.6 is 0 Å². The topological polar surface area (TPSA) is 85.0 Å². The van der Waals surface area contributed by atoms with E-state index in [-0.39, 0.29) is 18.5 Å². The van der Waals surface area contributed by atoms with Crippen LogP contribution in [0.15, 0.2) is 29.4 Å². The molecule has 0 unspecified atom stereocenters. The number of benzene rings is 1. The summed E-state index contributed by atoms with van der Waals surface area (Å²) in [4.78, 5) is 23.6. The Kier molecular flexibility index (Phi) is 3.16. The van der Waals surface area contributed by atoms with Crippen LogP contribution in [0.1, 0.15) is 32.3 Å². The van der Waals surface area contributed by atoms with Crippen molar-refractivity contribution < 1.29 is 14.5 Å². The molecule has 2 atom stereocenters. The molecule has 2 aliphatic rings. The Morgan fingerprint density at radius 3 is 2.73 bits per heavy atom. The molecular formula is C15H17N3O4. The Labute approximate surface area is 127 Å². The monoisotopic (exact) mass is 303 g/mol. The Bertz CT molecular complexity index is 685. The Morgan fingerprint density at radius 1 is 1.45 bits per heavy atom. The standard InChI is InChI=1S/C15H17N3O4/c1-9(2)18-14(19)15(10(3)16-18)12(8-17(20)21)11-6-4-5-7-13(11)22-15/h4-7,9,12H,8H2,1-3H3/t12-,15+/m0/s1. The number of hydrogen-bond acceptors (Lipinski definition) is 5. The van der Waals surface area contributed by atoms with Gasteiger partial charge in [-0.1, -0.05) is 18.2 Å². The maximum atomic E-state index is 12.9. The fourth-order valence-corrected chi connectivity index (χ4v) is 3.18. The van der Waals surface area contributed by atoms with Gasteiger partial charge >= 0.3 is 0 Å². The molecule has 7 nitrogen and oxygen atoms in total. The van der Waals surface area contributed by atoms with Gasteiger partial charge in [-0.25, -0.2) is 5.01 Å². The number of carbonyl (C=O) groups is 1. The van der Waals surface area contributed by atoms with E-state index in [9.17, 15) is 14.9 Å². The summed E-state index contributed by atoms with van der Waals surface area (Å²) in [6.07, 6.45) is 0. The molecular weight excluding hydrogens is 286 g/mol. The summed E-state index contributed by atoms with van der Waals surface area (Å²) in [5.41, 5.74) is -0.233. The third kappa shape index (κ3) is 1.81. The van der Waals surface area contributed by atoms with Gasteiger partial charge in [0.1, 0.15) is 11.7 Å². The molecule has 0 saturated carbocycles. The summed E-state index contributed by atoms with van der Waals surface area (Å²) in [5, 5.41) is 16.8. The predicted molar refractivity (Wildman–Crippen MR) is 79.5 cm³/mol. The first kappa shape index (κ1) is 14.5. The van der Waals surface area contributed by atoms with Crippen LogP contribution in [0.5, 0.6) is 5.75 Å². The molecule has 0 saturated heterocycles. The van der Waals surface area contributed by atoms with Crippen molar-refractivity contribution in [1.82, 2.24) is 5.01 Å². The van der Waals surface area contributed by atoms with Gasteiger partial charge < -0.3 is 4.74 Å². The van der Waals surface area contributed by atoms with Crippen molar-refractivity contribution in [2.75, 3.05) is 6.54 Å². The number of para-hydroxylation sites is 1. The minimum atomic E-state index is -1.39. The van der Waals surface area contributed by atoms with E-state index >= 15 is 0 Å². The molecule has 7 heteroatoms. The molecule has 0 aromatic heterocycles. The Hall–Kier alpha value is -2.44. The molecule has 0 bridgehead atoms. The average molecular weight is 303 g/mol. The van der Waals surface area contributed by atoms with Gasteiger partial charge in [0.2, 0.25) is 12.1 Å². The van der Waals surface area contributed by atoms with Gasteiger partial charge in [0.05, 0.1) is 11.8 Å². The number of rotatable bonds is 3. The number of hydrazone groups is 1. The van der Waals surface area contributed by atoms with E-state index in [1.54, 1.807) is 31.2 Å². The van der Waals surface area contributed by atoms with Crippen molar-refractivity contribution in [1.29, 1.82) is 0 Å². The van der Waals surface area contributed by atoms with Gasteiger partial charge in [-0.05, 0) is 26.8 Å². The van der Waals surface area contributed by atoms with Crippen molar-refractivity contribution in [3.8, 4) is 5.75 Å². The lowest BCUT2D eigenvalue weighted by Gasteiger charge is -2.28. The van der Waals surface area contributed by atoms with Crippen molar-refractivity contribution >= 4 is 11.6 Å². The summed E-state index contributed by atoms with van der Waals surface area (Å²) < 4.78 is 5.95. The van der Waals surface area contributed by atoms with Crippen molar-refractivity contribution in [2.24, 2.45) is 5.10 Å². The number of ether oxygens (including phenoxy) is 1. The van der Waals surface area contributed by atoms with Gasteiger partial charge in [-0.2, -0.15) is 5.10 Å². The van der Waals surface area contributed by atoms with Crippen molar-refractivity contribution in [3.05, 3.63) is 39.9 Å². The lowest BCUT2D eigenvalue weighted by atomic mass is 9.80. The largest absolute Gasteiger partial charge is 0.470 e. The summed E-state index contributed by atoms with van der Waals surface area (Å²) in [5.74, 6) is -0.482. The van der Waals surface area contributed by atoms with E-state index in [0.717, 1.165) is 0 Å². The quantitative estimate of drug-likeness (QED) is 0.629. The van der Waals surface area contributed by atoms with E-state index in [0.29, 0.717) is 17.0 Å². The lowest BCUT2D eigenvalue weighted by Crippen LogP contribution is -2.54. The fraction of sp³-hybridized carbons (Fsp3) is 0.467. The maximum absolute atomic E-state index is 12.9. The zero-order valence-electron chi connectivity index (χ0n) is 12.6. The predicted octanol–water partition coefficient (Wildman–Crippen LogP) is 1.80. The molecule has 2 heterocycles. The SMILES string of the molecule is CC1=NN(C(C)C)C(=O)[C@@]12Oc1ccccc1[C@@H]2C[N+](=O)[O-]. The molecule has 1 aromatic carbocycles. The Morgan fingerprint density at radius 2 is 2.14 bits per heavy atom. The van der Waals surface area contributed by atoms with Gasteiger partial charge in [0, 0.05) is 10.5 Å². The lowest BCUT2D eigenvalue weighted by molar-refractivity contribution is -0.484. The maximum Gasteiger partial charge on any atom is 0.294 e. The highest BCUT2D eigenvalue weighted by molar-refractivity contribution is 6.16. The third-order valence-corrected chi connectivity index (χ3v) is 4.20. The molecule has 0 fully saturated rings. The summed E-state index contributed by atoms with van der Waals surface area (Å²) in [6, 6.07) is 6.95. The van der Waals surface area contributed by atoms with Crippen LogP contribution in [0.25, 0.3) is 0 Å². The highest BCUT2D eigenvalue weighted by Crippen LogP contribution is 2.48. The summed E-state index contributed by atoms with van der Waals surface area (Å²) in [7, 11) is 0. The molecule has 3 rings (SSSR count). The zero-order chi connectivity index (χ0) is 16.1. The van der Waals surface area contributed by atoms with Crippen LogP contribution in [0, 0.1) is 10.1 Å². The smallest absolute Gasteiger partial charge is 0.294 e. The summed E-state index contributed by atoms with van der Waals surface area (Å²) in [6.45, 7) is 5.01. The number of nitro groups is 1. The molecule has 1 spiro atoms. The summed E-state index contributed by atoms with van der Waals surface area (Å²) >= 11 is 0. The molecule has 2 aliphatic heterocycles. The highest BCUT2D eigenvalue weighted by atomic mass is 16.6. The minimum absolute atomic E-state index is 0.134. The second-order valence-electron chi connectivity index (χ2n) is 5.87. The van der Waals surface area contributed by atoms with Crippen molar-refractivity contribution in [2.45, 2.75) is 38.3 Å². The molecule has 1 aromatic rings. The van der Waals surface area contributed by atoms with E-state index in [1.165, 1.54) is 5.01 Å². The number of nitrogens with zero attached hydrogens (tertiary/aromatic N) is 3. The van der Waals surface area contributed by atoms with Crippen LogP contribution < -0.4 is 4.74 Å². The van der Waals surface area contributed by atoms with Crippen LogP contribution in [-0.2, 0) is 4.79 Å². The van der Waals surface area contributed by atoms with E-state index < -0.39 is 16.4 Å². The minimum Gasteiger partial charge on any atom is -0.470 e. The van der Waals surface area contributed by atoms with Crippen LogP contribution in [0.2, 0.25) is 0 Å².